The van der Waals surface area contributed by atoms with Gasteiger partial charge in [-0.05, 0) is 12.3 Å². The summed E-state index contributed by atoms with van der Waals surface area (Å²) in [4.78, 5) is 33.2. The fourth-order valence-electron chi connectivity index (χ4n) is 1.31. The molecular weight excluding hydrogens is 228 g/mol. The lowest BCUT2D eigenvalue weighted by atomic mass is 9.81. The van der Waals surface area contributed by atoms with E-state index in [0.29, 0.717) is 0 Å². The van der Waals surface area contributed by atoms with Crippen LogP contribution in [-0.4, -0.2) is 39.5 Å². The lowest BCUT2D eigenvalue weighted by Gasteiger charge is -2.27. The molecule has 0 saturated carbocycles. The summed E-state index contributed by atoms with van der Waals surface area (Å²) in [7, 11) is 0. The summed E-state index contributed by atoms with van der Waals surface area (Å²) in [6, 6.07) is -1.19. The van der Waals surface area contributed by atoms with E-state index in [1.54, 1.807) is 0 Å². The van der Waals surface area contributed by atoms with Crippen LogP contribution in [0.4, 0.5) is 0 Å². The molecule has 0 aliphatic heterocycles. The molecule has 2 atom stereocenters. The number of carbonyl (C=O) groups is 3. The lowest BCUT2D eigenvalue weighted by Crippen LogP contribution is -2.59. The third-order valence-electron chi connectivity index (χ3n) is 2.73. The zero-order chi connectivity index (χ0) is 13.8. The minimum absolute atomic E-state index is 0.132. The van der Waals surface area contributed by atoms with Gasteiger partial charge in [-0.15, -0.1) is 0 Å². The van der Waals surface area contributed by atoms with E-state index in [1.807, 2.05) is 0 Å². The molecule has 0 aromatic heterocycles. The third-order valence-corrected chi connectivity index (χ3v) is 2.73. The van der Waals surface area contributed by atoms with Crippen LogP contribution in [0.5, 0.6) is 0 Å². The van der Waals surface area contributed by atoms with Crippen LogP contribution >= 0.6 is 0 Å². The first kappa shape index (κ1) is 15.5. The Morgan fingerprint density at radius 1 is 1.24 bits per heavy atom. The van der Waals surface area contributed by atoms with Crippen molar-refractivity contribution in [2.75, 3.05) is 0 Å². The van der Waals surface area contributed by atoms with Gasteiger partial charge in [-0.3, -0.25) is 9.59 Å². The molecule has 0 fully saturated rings. The van der Waals surface area contributed by atoms with Gasteiger partial charge in [0.2, 0.25) is 0 Å². The Hall–Kier alpha value is -1.47. The van der Waals surface area contributed by atoms with Crippen molar-refractivity contribution in [3.05, 3.63) is 0 Å². The molecule has 0 aliphatic carbocycles. The van der Waals surface area contributed by atoms with Crippen LogP contribution in [-0.2, 0) is 14.4 Å². The molecule has 0 saturated heterocycles. The highest BCUT2D eigenvalue weighted by Crippen LogP contribution is 2.18. The molecule has 0 aromatic carbocycles. The third kappa shape index (κ3) is 3.50. The summed E-state index contributed by atoms with van der Waals surface area (Å²) in [5, 5.41) is 17.5. The Labute approximate surface area is 98.8 Å². The number of carboxylic acid groups (broad SMARTS) is 2. The molecule has 0 aliphatic rings. The molecule has 7 heteroatoms. The van der Waals surface area contributed by atoms with Crippen LogP contribution in [0.3, 0.4) is 0 Å². The predicted molar refractivity (Wildman–Crippen MR) is 59.2 cm³/mol. The minimum Gasteiger partial charge on any atom is -0.480 e. The Balaban J connectivity index is 4.68. The second-order valence-corrected chi connectivity index (χ2v) is 4.24. The first-order chi connectivity index (χ1) is 7.63. The van der Waals surface area contributed by atoms with E-state index in [9.17, 15) is 14.4 Å². The van der Waals surface area contributed by atoms with Gasteiger partial charge < -0.3 is 21.7 Å². The number of nitrogens with two attached hydrogens (primary N) is 2. The fourth-order valence-corrected chi connectivity index (χ4v) is 1.31. The Kier molecular flexibility index (Phi) is 5.24. The number of carbonyl (C=O) groups excluding carboxylic acids is 1. The molecule has 7 nitrogen and oxygen atoms in total. The number of rotatable bonds is 7. The Bertz CT molecular complexity index is 329. The van der Waals surface area contributed by atoms with E-state index in [4.69, 9.17) is 21.7 Å². The number of hydrogen-bond donors (Lipinski definition) is 4. The number of aliphatic carboxylic acids is 2. The first-order valence-electron chi connectivity index (χ1n) is 5.18. The molecule has 6 N–H and O–H groups in total. The van der Waals surface area contributed by atoms with Gasteiger partial charge in [0, 0.05) is 6.42 Å². The van der Waals surface area contributed by atoms with Crippen molar-refractivity contribution in [2.24, 2.45) is 17.4 Å². The fraction of sp³-hybridized carbons (Fsp3) is 0.700. The van der Waals surface area contributed by atoms with Crippen LogP contribution in [0, 0.1) is 5.92 Å². The lowest BCUT2D eigenvalue weighted by molar-refractivity contribution is -0.150. The summed E-state index contributed by atoms with van der Waals surface area (Å²) >= 11 is 0. The highest BCUT2D eigenvalue weighted by atomic mass is 16.4. The highest BCUT2D eigenvalue weighted by Gasteiger charge is 2.44. The van der Waals surface area contributed by atoms with Crippen LogP contribution in [0.2, 0.25) is 0 Å². The number of carboxylic acids is 2. The van der Waals surface area contributed by atoms with Gasteiger partial charge >= 0.3 is 11.9 Å². The van der Waals surface area contributed by atoms with Gasteiger partial charge in [-0.2, -0.15) is 0 Å². The van der Waals surface area contributed by atoms with Crippen LogP contribution < -0.4 is 11.5 Å². The van der Waals surface area contributed by atoms with Gasteiger partial charge in [0.05, 0.1) is 0 Å². The number of hydrogen-bond acceptors (Lipinski definition) is 5. The monoisotopic (exact) mass is 246 g/mol. The summed E-state index contributed by atoms with van der Waals surface area (Å²) in [6.45, 7) is 3.03. The van der Waals surface area contributed by atoms with E-state index in [0.717, 1.165) is 0 Å². The molecule has 0 spiro atoms. The van der Waals surface area contributed by atoms with Gasteiger partial charge in [0.1, 0.15) is 6.04 Å². The summed E-state index contributed by atoms with van der Waals surface area (Å²) in [5.41, 5.74) is 8.78. The van der Waals surface area contributed by atoms with E-state index in [-0.39, 0.29) is 12.8 Å². The maximum atomic E-state index is 11.7. The van der Waals surface area contributed by atoms with E-state index < -0.39 is 35.2 Å². The van der Waals surface area contributed by atoms with Crippen molar-refractivity contribution < 1.29 is 24.6 Å². The molecule has 0 radical (unpaired) electrons. The van der Waals surface area contributed by atoms with Gasteiger partial charge in [0.25, 0.3) is 0 Å². The number of Topliss-reactive ketones (excluding diaryl/α,β-unsaturated/α-hetero) is 1. The zero-order valence-electron chi connectivity index (χ0n) is 9.84. The Morgan fingerprint density at radius 2 is 1.71 bits per heavy atom. The summed E-state index contributed by atoms with van der Waals surface area (Å²) < 4.78 is 0. The largest absolute Gasteiger partial charge is 0.480 e. The second kappa shape index (κ2) is 5.74. The van der Waals surface area contributed by atoms with Crippen molar-refractivity contribution in [2.45, 2.75) is 38.3 Å². The normalized spacial score (nSPS) is 16.3. The predicted octanol–water partition coefficient (Wildman–Crippen LogP) is -0.814. The SMILES string of the molecule is CC(C)C(N)(C(=O)O)C(=O)CCC(N)C(=O)O. The molecular formula is C10H18N2O5. The molecule has 98 valence electrons. The standard InChI is InChI=1S/C10H18N2O5/c1-5(2)10(12,9(16)17)7(13)4-3-6(11)8(14)15/h5-6H,3-4,11-12H2,1-2H3,(H,14,15)(H,16,17). The maximum absolute atomic E-state index is 11.7. The van der Waals surface area contributed by atoms with Crippen molar-refractivity contribution in [1.82, 2.24) is 0 Å². The Morgan fingerprint density at radius 3 is 2.00 bits per heavy atom. The van der Waals surface area contributed by atoms with Crippen LogP contribution in [0.15, 0.2) is 0 Å². The smallest absolute Gasteiger partial charge is 0.331 e. The zero-order valence-corrected chi connectivity index (χ0v) is 9.84. The quantitative estimate of drug-likeness (QED) is 0.430. The summed E-state index contributed by atoms with van der Waals surface area (Å²) in [6.07, 6.45) is -0.401. The highest BCUT2D eigenvalue weighted by molar-refractivity contribution is 6.07. The average molecular weight is 246 g/mol. The van der Waals surface area contributed by atoms with Gasteiger partial charge in [-0.25, -0.2) is 4.79 Å². The molecule has 2 unspecified atom stereocenters. The van der Waals surface area contributed by atoms with Crippen LogP contribution in [0.1, 0.15) is 26.7 Å². The topological polar surface area (TPSA) is 144 Å². The van der Waals surface area contributed by atoms with Crippen LogP contribution in [0.25, 0.3) is 0 Å². The molecule has 0 bridgehead atoms. The molecule has 0 aromatic rings. The van der Waals surface area contributed by atoms with Crippen molar-refractivity contribution in [3.63, 3.8) is 0 Å². The maximum Gasteiger partial charge on any atom is 0.331 e. The molecule has 0 amide bonds. The minimum atomic E-state index is -1.99. The molecule has 0 heterocycles. The first-order valence-corrected chi connectivity index (χ1v) is 5.18. The van der Waals surface area contributed by atoms with Crippen molar-refractivity contribution in [3.8, 4) is 0 Å². The summed E-state index contributed by atoms with van der Waals surface area (Å²) in [5.74, 6) is -3.95. The molecule has 0 rings (SSSR count). The van der Waals surface area contributed by atoms with Gasteiger partial charge in [-0.1, -0.05) is 13.8 Å². The van der Waals surface area contributed by atoms with E-state index >= 15 is 0 Å². The molecule has 17 heavy (non-hydrogen) atoms. The van der Waals surface area contributed by atoms with Crippen molar-refractivity contribution >= 4 is 17.7 Å². The average Bonchev–Trinajstić information content (AvgIpc) is 2.22. The van der Waals surface area contributed by atoms with Crippen molar-refractivity contribution in [1.29, 1.82) is 0 Å². The van der Waals surface area contributed by atoms with Gasteiger partial charge in [0.15, 0.2) is 11.3 Å². The van der Waals surface area contributed by atoms with E-state index in [1.165, 1.54) is 13.8 Å². The second-order valence-electron chi connectivity index (χ2n) is 4.24. The number of ketones is 1. The van der Waals surface area contributed by atoms with E-state index in [2.05, 4.69) is 0 Å².